The summed E-state index contributed by atoms with van der Waals surface area (Å²) in [4.78, 5) is 3.95. The topological polar surface area (TPSA) is 47.0 Å². The molecule has 1 aromatic heterocycles. The smallest absolute Gasteiger partial charge is 0.202 e. The number of hydrogen-bond donors (Lipinski definition) is 1. The van der Waals surface area contributed by atoms with Gasteiger partial charge in [-0.2, -0.15) is 4.37 Å². The molecule has 1 heterocycles. The van der Waals surface area contributed by atoms with Crippen molar-refractivity contribution in [3.05, 3.63) is 6.33 Å². The fourth-order valence-electron chi connectivity index (χ4n) is 0.689. The molecule has 0 aliphatic carbocycles. The molecule has 0 saturated heterocycles. The van der Waals surface area contributed by atoms with E-state index in [1.165, 1.54) is 17.9 Å². The summed E-state index contributed by atoms with van der Waals surface area (Å²) in [5.74, 6) is 0. The van der Waals surface area contributed by atoms with E-state index in [4.69, 9.17) is 16.3 Å². The van der Waals surface area contributed by atoms with Crippen LogP contribution in [0.15, 0.2) is 6.33 Å². The molecule has 12 heavy (non-hydrogen) atoms. The lowest BCUT2D eigenvalue weighted by atomic mass is 10.4. The van der Waals surface area contributed by atoms with Crippen LogP contribution in [0.25, 0.3) is 0 Å². The van der Waals surface area contributed by atoms with E-state index in [1.807, 2.05) is 0 Å². The Morgan fingerprint density at radius 1 is 1.83 bits per heavy atom. The molecule has 0 aliphatic heterocycles. The summed E-state index contributed by atoms with van der Waals surface area (Å²) in [5.41, 5.74) is 0. The average Bonchev–Trinajstić information content (AvgIpc) is 2.53. The number of rotatable bonds is 5. The van der Waals surface area contributed by atoms with Gasteiger partial charge in [-0.25, -0.2) is 4.98 Å². The Kier molecular flexibility index (Phi) is 4.27. The maximum atomic E-state index is 5.87. The van der Waals surface area contributed by atoms with Crippen molar-refractivity contribution in [2.75, 3.05) is 25.6 Å². The summed E-state index contributed by atoms with van der Waals surface area (Å²) in [5, 5.41) is 3.80. The average molecular weight is 208 g/mol. The van der Waals surface area contributed by atoms with Crippen LogP contribution in [0, 0.1) is 0 Å². The first kappa shape index (κ1) is 9.70. The first-order chi connectivity index (χ1) is 5.83. The highest BCUT2D eigenvalue weighted by molar-refractivity contribution is 7.09. The van der Waals surface area contributed by atoms with E-state index in [0.29, 0.717) is 13.2 Å². The van der Waals surface area contributed by atoms with E-state index in [-0.39, 0.29) is 5.38 Å². The number of nitrogens with one attached hydrogen (secondary N) is 1. The van der Waals surface area contributed by atoms with Crippen molar-refractivity contribution in [1.82, 2.24) is 9.36 Å². The lowest BCUT2D eigenvalue weighted by molar-refractivity contribution is 0.200. The van der Waals surface area contributed by atoms with Gasteiger partial charge in [0.2, 0.25) is 5.13 Å². The fraction of sp³-hybridized carbons (Fsp3) is 0.667. The molecule has 1 unspecified atom stereocenters. The number of hydrogen-bond acceptors (Lipinski definition) is 5. The molecule has 0 aliphatic rings. The van der Waals surface area contributed by atoms with Gasteiger partial charge in [-0.1, -0.05) is 0 Å². The van der Waals surface area contributed by atoms with Gasteiger partial charge in [-0.3, -0.25) is 0 Å². The van der Waals surface area contributed by atoms with Gasteiger partial charge in [-0.05, 0) is 0 Å². The fourth-order valence-corrected chi connectivity index (χ4v) is 1.33. The molecule has 0 fully saturated rings. The Bertz CT molecular complexity index is 207. The van der Waals surface area contributed by atoms with Gasteiger partial charge in [0.05, 0.1) is 12.0 Å². The minimum atomic E-state index is -0.0288. The molecule has 1 rings (SSSR count). The quantitative estimate of drug-likeness (QED) is 0.738. The Labute approximate surface area is 80.1 Å². The first-order valence-corrected chi connectivity index (χ1v) is 4.67. The second-order valence-corrected chi connectivity index (χ2v) is 3.58. The zero-order chi connectivity index (χ0) is 8.81. The number of methoxy groups -OCH3 is 1. The summed E-state index contributed by atoms with van der Waals surface area (Å²) in [6.45, 7) is 1.18. The second-order valence-electron chi connectivity index (χ2n) is 2.18. The van der Waals surface area contributed by atoms with Crippen LogP contribution in [0.1, 0.15) is 0 Å². The predicted molar refractivity (Wildman–Crippen MR) is 49.9 cm³/mol. The van der Waals surface area contributed by atoms with Crippen LogP contribution < -0.4 is 5.32 Å². The van der Waals surface area contributed by atoms with Crippen molar-refractivity contribution in [3.8, 4) is 0 Å². The maximum absolute atomic E-state index is 5.87. The van der Waals surface area contributed by atoms with E-state index in [9.17, 15) is 0 Å². The van der Waals surface area contributed by atoms with Crippen molar-refractivity contribution in [2.45, 2.75) is 5.38 Å². The zero-order valence-electron chi connectivity index (χ0n) is 6.66. The molecule has 1 N–H and O–H groups in total. The van der Waals surface area contributed by atoms with Gasteiger partial charge in [0.25, 0.3) is 0 Å². The van der Waals surface area contributed by atoms with Gasteiger partial charge < -0.3 is 10.1 Å². The molecule has 0 saturated carbocycles. The van der Waals surface area contributed by atoms with E-state index >= 15 is 0 Å². The molecule has 0 bridgehead atoms. The molecule has 4 nitrogen and oxygen atoms in total. The number of anilines is 1. The molecule has 1 atom stereocenters. The summed E-state index contributed by atoms with van der Waals surface area (Å²) in [7, 11) is 1.63. The molecule has 1 aromatic rings. The summed E-state index contributed by atoms with van der Waals surface area (Å²) in [6.07, 6.45) is 1.51. The van der Waals surface area contributed by atoms with Gasteiger partial charge in [0.15, 0.2) is 0 Å². The molecular weight excluding hydrogens is 198 g/mol. The van der Waals surface area contributed by atoms with Crippen molar-refractivity contribution in [1.29, 1.82) is 0 Å². The van der Waals surface area contributed by atoms with E-state index in [2.05, 4.69) is 14.7 Å². The number of alkyl halides is 1. The minimum Gasteiger partial charge on any atom is -0.383 e. The number of ether oxygens (including phenoxy) is 1. The van der Waals surface area contributed by atoms with Crippen LogP contribution in [0.3, 0.4) is 0 Å². The maximum Gasteiger partial charge on any atom is 0.202 e. The van der Waals surface area contributed by atoms with Crippen molar-refractivity contribution in [2.24, 2.45) is 0 Å². The Morgan fingerprint density at radius 2 is 2.67 bits per heavy atom. The predicted octanol–water partition coefficient (Wildman–Crippen LogP) is 1.20. The summed E-state index contributed by atoms with van der Waals surface area (Å²) in [6, 6.07) is 0. The van der Waals surface area contributed by atoms with Crippen LogP contribution in [-0.4, -0.2) is 35.0 Å². The largest absolute Gasteiger partial charge is 0.383 e. The highest BCUT2D eigenvalue weighted by Crippen LogP contribution is 2.07. The highest BCUT2D eigenvalue weighted by Gasteiger charge is 2.03. The zero-order valence-corrected chi connectivity index (χ0v) is 8.23. The minimum absolute atomic E-state index is 0.0288. The standard InChI is InChI=1S/C6H10ClN3OS/c1-11-3-5(7)2-8-6-9-4-10-12-6/h4-5H,2-3H2,1H3,(H,8,9,10). The van der Waals surface area contributed by atoms with Crippen LogP contribution in [0.5, 0.6) is 0 Å². The van der Waals surface area contributed by atoms with Gasteiger partial charge in [0.1, 0.15) is 6.33 Å². The molecule has 0 spiro atoms. The lowest BCUT2D eigenvalue weighted by Gasteiger charge is -2.07. The number of nitrogens with zero attached hydrogens (tertiary/aromatic N) is 2. The van der Waals surface area contributed by atoms with E-state index < -0.39 is 0 Å². The molecule has 68 valence electrons. The molecular formula is C6H10ClN3OS. The van der Waals surface area contributed by atoms with Gasteiger partial charge in [0, 0.05) is 25.2 Å². The van der Waals surface area contributed by atoms with Crippen LogP contribution in [-0.2, 0) is 4.74 Å². The van der Waals surface area contributed by atoms with E-state index in [0.717, 1.165) is 5.13 Å². The summed E-state index contributed by atoms with van der Waals surface area (Å²) < 4.78 is 8.71. The Hall–Kier alpha value is -0.390. The third kappa shape index (κ3) is 3.34. The van der Waals surface area contributed by atoms with Crippen molar-refractivity contribution < 1.29 is 4.74 Å². The lowest BCUT2D eigenvalue weighted by Crippen LogP contribution is -2.18. The third-order valence-corrected chi connectivity index (χ3v) is 2.09. The second kappa shape index (κ2) is 5.29. The monoisotopic (exact) mass is 207 g/mol. The first-order valence-electron chi connectivity index (χ1n) is 3.46. The Balaban J connectivity index is 2.17. The molecule has 6 heteroatoms. The van der Waals surface area contributed by atoms with E-state index in [1.54, 1.807) is 7.11 Å². The highest BCUT2D eigenvalue weighted by atomic mass is 35.5. The number of halogens is 1. The summed E-state index contributed by atoms with van der Waals surface area (Å²) >= 11 is 7.18. The molecule has 0 amide bonds. The molecule has 0 aromatic carbocycles. The van der Waals surface area contributed by atoms with Gasteiger partial charge >= 0.3 is 0 Å². The number of aromatic nitrogens is 2. The normalized spacial score (nSPS) is 12.8. The van der Waals surface area contributed by atoms with Crippen LogP contribution >= 0.6 is 23.1 Å². The Morgan fingerprint density at radius 3 is 3.25 bits per heavy atom. The van der Waals surface area contributed by atoms with Gasteiger partial charge in [-0.15, -0.1) is 11.6 Å². The van der Waals surface area contributed by atoms with Crippen LogP contribution in [0.2, 0.25) is 0 Å². The van der Waals surface area contributed by atoms with Crippen molar-refractivity contribution >= 4 is 28.3 Å². The molecule has 0 radical (unpaired) electrons. The van der Waals surface area contributed by atoms with Crippen molar-refractivity contribution in [3.63, 3.8) is 0 Å². The van der Waals surface area contributed by atoms with Crippen LogP contribution in [0.4, 0.5) is 5.13 Å². The third-order valence-electron chi connectivity index (χ3n) is 1.18. The SMILES string of the molecule is COCC(Cl)CNc1ncns1.